The number of aliphatic hydroxyl groups excluding tert-OH is 1. The summed E-state index contributed by atoms with van der Waals surface area (Å²) in [6, 6.07) is 7.80. The van der Waals surface area contributed by atoms with Crippen molar-refractivity contribution in [1.29, 1.82) is 0 Å². The second-order valence-electron chi connectivity index (χ2n) is 3.79. The zero-order valence-corrected chi connectivity index (χ0v) is 8.77. The largest absolute Gasteiger partial charge is 0.399 e. The summed E-state index contributed by atoms with van der Waals surface area (Å²) in [6.45, 7) is 3.31. The monoisotopic (exact) mass is 194 g/mol. The Kier molecular flexibility index (Phi) is 3.92. The molecule has 1 atom stereocenters. The van der Waals surface area contributed by atoms with Gasteiger partial charge < -0.3 is 10.8 Å². The van der Waals surface area contributed by atoms with Crippen LogP contribution in [0.3, 0.4) is 0 Å². The molecule has 0 saturated heterocycles. The summed E-state index contributed by atoms with van der Waals surface area (Å²) in [5, 5.41) is 9.18. The summed E-state index contributed by atoms with van der Waals surface area (Å²) in [7, 11) is 1.99. The van der Waals surface area contributed by atoms with Gasteiger partial charge in [-0.2, -0.15) is 0 Å². The van der Waals surface area contributed by atoms with Crippen LogP contribution in [-0.2, 0) is 6.54 Å². The number of anilines is 1. The van der Waals surface area contributed by atoms with E-state index in [2.05, 4.69) is 4.90 Å². The van der Waals surface area contributed by atoms with E-state index in [-0.39, 0.29) is 6.10 Å². The topological polar surface area (TPSA) is 49.5 Å². The minimum absolute atomic E-state index is 0.284. The Morgan fingerprint density at radius 3 is 2.43 bits per heavy atom. The zero-order valence-electron chi connectivity index (χ0n) is 8.77. The van der Waals surface area contributed by atoms with Crippen LogP contribution in [0.2, 0.25) is 0 Å². The van der Waals surface area contributed by atoms with Crippen molar-refractivity contribution in [2.24, 2.45) is 0 Å². The summed E-state index contributed by atoms with van der Waals surface area (Å²) >= 11 is 0. The van der Waals surface area contributed by atoms with Gasteiger partial charge in [-0.1, -0.05) is 12.1 Å². The maximum Gasteiger partial charge on any atom is 0.0639 e. The van der Waals surface area contributed by atoms with Crippen LogP contribution < -0.4 is 5.73 Å². The van der Waals surface area contributed by atoms with E-state index in [9.17, 15) is 5.11 Å². The molecule has 0 amide bonds. The van der Waals surface area contributed by atoms with Crippen molar-refractivity contribution in [3.63, 3.8) is 0 Å². The number of rotatable bonds is 4. The van der Waals surface area contributed by atoms with Crippen molar-refractivity contribution >= 4 is 5.69 Å². The molecule has 0 bridgehead atoms. The van der Waals surface area contributed by atoms with Crippen LogP contribution in [0.15, 0.2) is 24.3 Å². The van der Waals surface area contributed by atoms with Crippen molar-refractivity contribution < 1.29 is 5.11 Å². The van der Waals surface area contributed by atoms with Gasteiger partial charge in [0.15, 0.2) is 0 Å². The smallest absolute Gasteiger partial charge is 0.0639 e. The summed E-state index contributed by atoms with van der Waals surface area (Å²) in [6.07, 6.45) is -0.284. The normalized spacial score (nSPS) is 13.1. The molecule has 78 valence electrons. The first kappa shape index (κ1) is 11.0. The summed E-state index contributed by atoms with van der Waals surface area (Å²) in [5.41, 5.74) is 7.58. The second kappa shape index (κ2) is 4.98. The van der Waals surface area contributed by atoms with Gasteiger partial charge in [-0.25, -0.2) is 0 Å². The minimum atomic E-state index is -0.284. The zero-order chi connectivity index (χ0) is 10.6. The molecule has 0 aliphatic carbocycles. The summed E-state index contributed by atoms with van der Waals surface area (Å²) in [4.78, 5) is 2.08. The molecule has 1 rings (SSSR count). The van der Waals surface area contributed by atoms with E-state index < -0.39 is 0 Å². The lowest BCUT2D eigenvalue weighted by Gasteiger charge is -2.18. The number of nitrogen functional groups attached to an aromatic ring is 1. The van der Waals surface area contributed by atoms with E-state index in [4.69, 9.17) is 5.73 Å². The Hall–Kier alpha value is -1.06. The number of benzene rings is 1. The molecule has 0 heterocycles. The SMILES string of the molecule is CC(O)CN(C)Cc1ccc(N)cc1. The van der Waals surface area contributed by atoms with Crippen LogP contribution in [0, 0.1) is 0 Å². The van der Waals surface area contributed by atoms with E-state index in [1.807, 2.05) is 31.3 Å². The van der Waals surface area contributed by atoms with Gasteiger partial charge in [0.05, 0.1) is 6.10 Å². The molecule has 0 aliphatic rings. The molecule has 1 aromatic carbocycles. The fraction of sp³-hybridized carbons (Fsp3) is 0.455. The van der Waals surface area contributed by atoms with E-state index in [1.165, 1.54) is 5.56 Å². The first-order chi connectivity index (χ1) is 6.58. The van der Waals surface area contributed by atoms with Gasteiger partial charge in [-0.05, 0) is 31.7 Å². The number of likely N-dealkylation sites (N-methyl/N-ethyl adjacent to an activating group) is 1. The Bertz CT molecular complexity index is 269. The average molecular weight is 194 g/mol. The van der Waals surface area contributed by atoms with Crippen molar-refractivity contribution in [2.45, 2.75) is 19.6 Å². The highest BCUT2D eigenvalue weighted by atomic mass is 16.3. The maximum atomic E-state index is 9.18. The summed E-state index contributed by atoms with van der Waals surface area (Å²) in [5.74, 6) is 0. The van der Waals surface area contributed by atoms with Gasteiger partial charge >= 0.3 is 0 Å². The molecule has 1 unspecified atom stereocenters. The molecular formula is C11H18N2O. The van der Waals surface area contributed by atoms with E-state index in [0.29, 0.717) is 6.54 Å². The third-order valence-corrected chi connectivity index (χ3v) is 2.01. The predicted octanol–water partition coefficient (Wildman–Crippen LogP) is 1.08. The van der Waals surface area contributed by atoms with Gasteiger partial charge in [-0.3, -0.25) is 4.90 Å². The first-order valence-corrected chi connectivity index (χ1v) is 4.79. The fourth-order valence-corrected chi connectivity index (χ4v) is 1.45. The standard InChI is InChI=1S/C11H18N2O/c1-9(14)7-13(2)8-10-3-5-11(12)6-4-10/h3-6,9,14H,7-8,12H2,1-2H3. The molecule has 14 heavy (non-hydrogen) atoms. The Balaban J connectivity index is 2.47. The first-order valence-electron chi connectivity index (χ1n) is 4.79. The molecule has 0 aliphatic heterocycles. The van der Waals surface area contributed by atoms with E-state index in [1.54, 1.807) is 6.92 Å². The fourth-order valence-electron chi connectivity index (χ4n) is 1.45. The third-order valence-electron chi connectivity index (χ3n) is 2.01. The molecule has 0 saturated carbocycles. The van der Waals surface area contributed by atoms with Crippen LogP contribution in [0.5, 0.6) is 0 Å². The molecule has 0 fully saturated rings. The van der Waals surface area contributed by atoms with Gasteiger partial charge in [-0.15, -0.1) is 0 Å². The average Bonchev–Trinajstić information content (AvgIpc) is 2.07. The highest BCUT2D eigenvalue weighted by Gasteiger charge is 2.03. The second-order valence-corrected chi connectivity index (χ2v) is 3.79. The minimum Gasteiger partial charge on any atom is -0.399 e. The van der Waals surface area contributed by atoms with Crippen molar-refractivity contribution in [2.75, 3.05) is 19.3 Å². The third kappa shape index (κ3) is 3.77. The Morgan fingerprint density at radius 2 is 1.93 bits per heavy atom. The molecule has 1 aromatic rings. The Morgan fingerprint density at radius 1 is 1.36 bits per heavy atom. The van der Waals surface area contributed by atoms with Gasteiger partial charge in [0.1, 0.15) is 0 Å². The van der Waals surface area contributed by atoms with Crippen molar-refractivity contribution in [3.8, 4) is 0 Å². The van der Waals surface area contributed by atoms with Gasteiger partial charge in [0, 0.05) is 18.8 Å². The van der Waals surface area contributed by atoms with Crippen molar-refractivity contribution in [1.82, 2.24) is 4.90 Å². The quantitative estimate of drug-likeness (QED) is 0.705. The summed E-state index contributed by atoms with van der Waals surface area (Å²) < 4.78 is 0. The Labute approximate surface area is 85.2 Å². The van der Waals surface area contributed by atoms with Crippen LogP contribution in [0.4, 0.5) is 5.69 Å². The lowest BCUT2D eigenvalue weighted by Crippen LogP contribution is -2.26. The molecule has 0 radical (unpaired) electrons. The van der Waals surface area contributed by atoms with Crippen LogP contribution >= 0.6 is 0 Å². The number of nitrogens with two attached hydrogens (primary N) is 1. The van der Waals surface area contributed by atoms with Gasteiger partial charge in [0.2, 0.25) is 0 Å². The lowest BCUT2D eigenvalue weighted by molar-refractivity contribution is 0.138. The predicted molar refractivity (Wildman–Crippen MR) is 58.9 cm³/mol. The maximum absolute atomic E-state index is 9.18. The molecular weight excluding hydrogens is 176 g/mol. The van der Waals surface area contributed by atoms with Crippen LogP contribution in [0.1, 0.15) is 12.5 Å². The van der Waals surface area contributed by atoms with Crippen LogP contribution in [0.25, 0.3) is 0 Å². The molecule has 0 aromatic heterocycles. The lowest BCUT2D eigenvalue weighted by atomic mass is 10.2. The van der Waals surface area contributed by atoms with Crippen LogP contribution in [-0.4, -0.2) is 29.7 Å². The van der Waals surface area contributed by atoms with Gasteiger partial charge in [0.25, 0.3) is 0 Å². The molecule has 3 heteroatoms. The molecule has 3 N–H and O–H groups in total. The number of aliphatic hydroxyl groups is 1. The molecule has 0 spiro atoms. The van der Waals surface area contributed by atoms with E-state index >= 15 is 0 Å². The van der Waals surface area contributed by atoms with Crippen molar-refractivity contribution in [3.05, 3.63) is 29.8 Å². The number of nitrogens with zero attached hydrogens (tertiary/aromatic N) is 1. The number of hydrogen-bond donors (Lipinski definition) is 2. The number of hydrogen-bond acceptors (Lipinski definition) is 3. The highest BCUT2D eigenvalue weighted by molar-refractivity contribution is 5.39. The van der Waals surface area contributed by atoms with E-state index in [0.717, 1.165) is 12.2 Å². The highest BCUT2D eigenvalue weighted by Crippen LogP contribution is 2.07. The molecule has 3 nitrogen and oxygen atoms in total.